The number of ether oxygens (including phenoxy) is 2. The summed E-state index contributed by atoms with van der Waals surface area (Å²) in [4.78, 5) is 11.5. The van der Waals surface area contributed by atoms with Crippen molar-refractivity contribution in [2.75, 3.05) is 19.0 Å². The molecule has 0 atom stereocenters. The van der Waals surface area contributed by atoms with E-state index < -0.39 is 5.97 Å². The molecule has 0 saturated carbocycles. The summed E-state index contributed by atoms with van der Waals surface area (Å²) in [5.74, 6) is 0.0113. The van der Waals surface area contributed by atoms with Gasteiger partial charge < -0.3 is 14.8 Å². The third kappa shape index (κ3) is 4.23. The van der Waals surface area contributed by atoms with Crippen molar-refractivity contribution in [1.82, 2.24) is 0 Å². The lowest BCUT2D eigenvalue weighted by Crippen LogP contribution is -2.10. The fourth-order valence-corrected chi connectivity index (χ4v) is 1.54. The molecule has 0 amide bonds. The van der Waals surface area contributed by atoms with Gasteiger partial charge in [-0.05, 0) is 31.2 Å². The Balaban J connectivity index is 2.88. The molecule has 1 rings (SSSR count). The average Bonchev–Trinajstić information content (AvgIpc) is 2.40. The molecule has 5 nitrogen and oxygen atoms in total. The summed E-state index contributed by atoms with van der Waals surface area (Å²) in [6, 6.07) is 8.76. The minimum atomic E-state index is -0.698. The van der Waals surface area contributed by atoms with E-state index in [2.05, 4.69) is 17.9 Å². The van der Waals surface area contributed by atoms with Gasteiger partial charge in [0.25, 0.3) is 0 Å². The Bertz CT molecular complexity index is 518. The van der Waals surface area contributed by atoms with Crippen LogP contribution in [0.4, 0.5) is 5.69 Å². The number of benzene rings is 1. The number of carbonyl (C=O) groups excluding carboxylic acids is 1. The summed E-state index contributed by atoms with van der Waals surface area (Å²) in [7, 11) is 1.57. The monoisotopic (exact) mass is 278 g/mol. The zero-order valence-corrected chi connectivity index (χ0v) is 11.5. The van der Waals surface area contributed by atoms with Crippen LogP contribution >= 0.6 is 12.6 Å². The van der Waals surface area contributed by atoms with Gasteiger partial charge in [0, 0.05) is 5.69 Å². The predicted molar refractivity (Wildman–Crippen MR) is 74.9 cm³/mol. The van der Waals surface area contributed by atoms with Crippen LogP contribution in [0.3, 0.4) is 0 Å². The van der Waals surface area contributed by atoms with Crippen LogP contribution in [0.1, 0.15) is 6.92 Å². The second-order valence-corrected chi connectivity index (χ2v) is 3.86. The van der Waals surface area contributed by atoms with E-state index in [0.717, 1.165) is 0 Å². The Kier molecular flexibility index (Phi) is 5.76. The van der Waals surface area contributed by atoms with E-state index in [-0.39, 0.29) is 17.2 Å². The minimum absolute atomic E-state index is 0.145. The smallest absolute Gasteiger partial charge is 0.351 e. The van der Waals surface area contributed by atoms with E-state index in [4.69, 9.17) is 14.7 Å². The summed E-state index contributed by atoms with van der Waals surface area (Å²) in [6.45, 7) is 1.87. The van der Waals surface area contributed by atoms with Crippen molar-refractivity contribution in [3.63, 3.8) is 0 Å². The molecule has 0 fully saturated rings. The number of nitrogens with one attached hydrogen (secondary N) is 1. The van der Waals surface area contributed by atoms with E-state index in [1.54, 1.807) is 44.4 Å². The number of esters is 1. The lowest BCUT2D eigenvalue weighted by molar-refractivity contribution is -0.138. The highest BCUT2D eigenvalue weighted by Crippen LogP contribution is 2.19. The first-order chi connectivity index (χ1) is 9.12. The van der Waals surface area contributed by atoms with Crippen molar-refractivity contribution in [3.05, 3.63) is 34.9 Å². The van der Waals surface area contributed by atoms with Gasteiger partial charge in [0.05, 0.1) is 18.7 Å². The molecule has 0 aliphatic rings. The molecule has 0 aliphatic carbocycles. The number of carbonyl (C=O) groups is 1. The molecule has 0 bridgehead atoms. The summed E-state index contributed by atoms with van der Waals surface area (Å²) in [6.07, 6.45) is 0. The van der Waals surface area contributed by atoms with E-state index in [0.29, 0.717) is 11.4 Å². The molecule has 100 valence electrons. The van der Waals surface area contributed by atoms with Crippen molar-refractivity contribution in [2.45, 2.75) is 6.92 Å². The fourth-order valence-electron chi connectivity index (χ4n) is 1.27. The van der Waals surface area contributed by atoms with Gasteiger partial charge in [-0.15, -0.1) is 12.6 Å². The first-order valence-electron chi connectivity index (χ1n) is 5.53. The van der Waals surface area contributed by atoms with Crippen LogP contribution in [0, 0.1) is 11.3 Å². The number of rotatable bonds is 5. The first kappa shape index (κ1) is 14.9. The highest BCUT2D eigenvalue weighted by atomic mass is 32.1. The second kappa shape index (κ2) is 7.34. The Labute approximate surface area is 117 Å². The van der Waals surface area contributed by atoms with Gasteiger partial charge in [0.15, 0.2) is 5.57 Å². The molecular formula is C13H14N2O3S. The van der Waals surface area contributed by atoms with Crippen molar-refractivity contribution < 1.29 is 14.3 Å². The summed E-state index contributed by atoms with van der Waals surface area (Å²) in [5, 5.41) is 11.9. The van der Waals surface area contributed by atoms with E-state index in [1.165, 1.54) is 0 Å². The van der Waals surface area contributed by atoms with Gasteiger partial charge in [0.1, 0.15) is 11.8 Å². The predicted octanol–water partition coefficient (Wildman–Crippen LogP) is 2.34. The van der Waals surface area contributed by atoms with Gasteiger partial charge in [-0.25, -0.2) is 4.79 Å². The Morgan fingerprint density at radius 1 is 1.42 bits per heavy atom. The summed E-state index contributed by atoms with van der Waals surface area (Å²) >= 11 is 4.11. The van der Waals surface area contributed by atoms with Crippen molar-refractivity contribution in [2.24, 2.45) is 0 Å². The van der Waals surface area contributed by atoms with Crippen molar-refractivity contribution in [3.8, 4) is 11.8 Å². The lowest BCUT2D eigenvalue weighted by Gasteiger charge is -2.08. The standard InChI is InChI=1S/C13H14N2O3S/c1-3-18-13(16)11(8-14)12(19)15-9-4-6-10(17-2)7-5-9/h4-7,15,19H,3H2,1-2H3/b12-11+. The Hall–Kier alpha value is -2.13. The van der Waals surface area contributed by atoms with E-state index in [9.17, 15) is 4.79 Å². The van der Waals surface area contributed by atoms with E-state index >= 15 is 0 Å². The maximum absolute atomic E-state index is 11.5. The Morgan fingerprint density at radius 2 is 2.05 bits per heavy atom. The van der Waals surface area contributed by atoms with Crippen molar-refractivity contribution >= 4 is 24.3 Å². The minimum Gasteiger partial charge on any atom is -0.497 e. The number of nitriles is 1. The van der Waals surface area contributed by atoms with Crippen LogP contribution in [0.2, 0.25) is 0 Å². The maximum atomic E-state index is 11.5. The van der Waals surface area contributed by atoms with Gasteiger partial charge in [-0.1, -0.05) is 0 Å². The molecule has 1 aromatic carbocycles. The van der Waals surface area contributed by atoms with Crippen LogP contribution < -0.4 is 10.1 Å². The van der Waals surface area contributed by atoms with Crippen LogP contribution in [-0.4, -0.2) is 19.7 Å². The molecule has 1 N–H and O–H groups in total. The number of methoxy groups -OCH3 is 1. The quantitative estimate of drug-likeness (QED) is 0.374. The topological polar surface area (TPSA) is 71.4 Å². The molecule has 0 spiro atoms. The summed E-state index contributed by atoms with van der Waals surface area (Å²) in [5.41, 5.74) is 0.517. The number of nitrogens with zero attached hydrogens (tertiary/aromatic N) is 1. The van der Waals surface area contributed by atoms with E-state index in [1.807, 2.05) is 0 Å². The molecule has 0 aliphatic heterocycles. The first-order valence-corrected chi connectivity index (χ1v) is 5.98. The zero-order valence-electron chi connectivity index (χ0n) is 10.6. The molecule has 1 aromatic rings. The van der Waals surface area contributed by atoms with Crippen LogP contribution in [0.25, 0.3) is 0 Å². The number of thiol groups is 1. The maximum Gasteiger partial charge on any atom is 0.351 e. The fraction of sp³-hybridized carbons (Fsp3) is 0.231. The van der Waals surface area contributed by atoms with Crippen LogP contribution in [-0.2, 0) is 9.53 Å². The highest BCUT2D eigenvalue weighted by Gasteiger charge is 2.14. The number of anilines is 1. The molecule has 0 saturated heterocycles. The molecule has 0 radical (unpaired) electrons. The largest absolute Gasteiger partial charge is 0.497 e. The molecule has 0 unspecified atom stereocenters. The van der Waals surface area contributed by atoms with Crippen LogP contribution in [0.15, 0.2) is 34.9 Å². The molecular weight excluding hydrogens is 264 g/mol. The van der Waals surface area contributed by atoms with Gasteiger partial charge in [-0.2, -0.15) is 5.26 Å². The summed E-state index contributed by atoms with van der Waals surface area (Å²) < 4.78 is 9.79. The second-order valence-electron chi connectivity index (χ2n) is 3.41. The third-order valence-corrected chi connectivity index (χ3v) is 2.52. The molecule has 6 heteroatoms. The Morgan fingerprint density at radius 3 is 2.53 bits per heavy atom. The van der Waals surface area contributed by atoms with Crippen molar-refractivity contribution in [1.29, 1.82) is 5.26 Å². The molecule has 0 aromatic heterocycles. The van der Waals surface area contributed by atoms with Gasteiger partial charge >= 0.3 is 5.97 Å². The zero-order chi connectivity index (χ0) is 14.3. The normalized spacial score (nSPS) is 11.1. The number of hydrogen-bond donors (Lipinski definition) is 2. The van der Waals surface area contributed by atoms with Gasteiger partial charge in [-0.3, -0.25) is 0 Å². The third-order valence-electron chi connectivity index (χ3n) is 2.18. The molecule has 19 heavy (non-hydrogen) atoms. The lowest BCUT2D eigenvalue weighted by atomic mass is 10.3. The number of hydrogen-bond acceptors (Lipinski definition) is 6. The SMILES string of the molecule is CCOC(=O)/C(C#N)=C(/S)Nc1ccc(OC)cc1. The van der Waals surface area contributed by atoms with Gasteiger partial charge in [0.2, 0.25) is 0 Å². The van der Waals surface area contributed by atoms with Crippen LogP contribution in [0.5, 0.6) is 5.75 Å². The highest BCUT2D eigenvalue weighted by molar-refractivity contribution is 7.84. The molecule has 0 heterocycles. The average molecular weight is 278 g/mol.